The monoisotopic (exact) mass is 223 g/mol. The number of carbonyl (C=O) groups excluding carboxylic acids is 1. The lowest BCUT2D eigenvalue weighted by Gasteiger charge is -1.81. The molecule has 1 aromatic heterocycles. The highest BCUT2D eigenvalue weighted by Gasteiger charge is 1.88. The van der Waals surface area contributed by atoms with Gasteiger partial charge in [-0.3, -0.25) is 9.78 Å². The molecule has 0 aliphatic heterocycles. The van der Waals surface area contributed by atoms with E-state index in [2.05, 4.69) is 4.98 Å². The Balaban J connectivity index is 0.000000281. The van der Waals surface area contributed by atoms with Crippen molar-refractivity contribution in [2.45, 2.75) is 0 Å². The quantitative estimate of drug-likeness (QED) is 0.574. The Kier molecular flexibility index (Phi) is 6.63. The van der Waals surface area contributed by atoms with E-state index in [9.17, 15) is 14.4 Å². The van der Waals surface area contributed by atoms with E-state index in [0.29, 0.717) is 17.7 Å². The molecule has 0 amide bonds. The number of aromatic nitrogens is 1. The minimum atomic E-state index is -1.26. The summed E-state index contributed by atoms with van der Waals surface area (Å²) in [6, 6.07) is 3.43. The average molecular weight is 223 g/mol. The van der Waals surface area contributed by atoms with Gasteiger partial charge >= 0.3 is 11.9 Å². The number of carboxylic acids is 2. The van der Waals surface area contributed by atoms with E-state index in [1.807, 2.05) is 0 Å². The molecule has 0 aliphatic rings. The van der Waals surface area contributed by atoms with E-state index in [-0.39, 0.29) is 0 Å². The first-order chi connectivity index (χ1) is 7.56. The maximum absolute atomic E-state index is 9.97. The van der Waals surface area contributed by atoms with Crippen molar-refractivity contribution < 1.29 is 24.6 Å². The van der Waals surface area contributed by atoms with Crippen molar-refractivity contribution in [1.82, 2.24) is 4.98 Å². The predicted octanol–water partition coefficient (Wildman–Crippen LogP) is 0.606. The zero-order valence-electron chi connectivity index (χ0n) is 8.11. The number of nitrogens with zero attached hydrogens (tertiary/aromatic N) is 1. The van der Waals surface area contributed by atoms with Gasteiger partial charge in [-0.25, -0.2) is 9.59 Å². The van der Waals surface area contributed by atoms with Gasteiger partial charge in [-0.2, -0.15) is 0 Å². The molecular weight excluding hydrogens is 214 g/mol. The van der Waals surface area contributed by atoms with Crippen LogP contribution in [0.5, 0.6) is 0 Å². The molecule has 0 saturated heterocycles. The molecular formula is C10H9NO5. The van der Waals surface area contributed by atoms with Gasteiger partial charge in [-0.05, 0) is 12.1 Å². The topological polar surface area (TPSA) is 105 Å². The zero-order chi connectivity index (χ0) is 12.4. The van der Waals surface area contributed by atoms with Crippen LogP contribution in [0.4, 0.5) is 0 Å². The lowest BCUT2D eigenvalue weighted by atomic mass is 10.3. The van der Waals surface area contributed by atoms with Crippen molar-refractivity contribution >= 4 is 18.2 Å². The molecule has 0 fully saturated rings. The Hall–Kier alpha value is -2.50. The van der Waals surface area contributed by atoms with Crippen molar-refractivity contribution in [1.29, 1.82) is 0 Å². The van der Waals surface area contributed by atoms with Crippen LogP contribution in [0, 0.1) is 0 Å². The molecule has 2 N–H and O–H groups in total. The molecule has 1 rings (SSSR count). The summed E-state index contributed by atoms with van der Waals surface area (Å²) in [5.41, 5.74) is 0.618. The summed E-state index contributed by atoms with van der Waals surface area (Å²) in [5.74, 6) is -2.51. The molecule has 16 heavy (non-hydrogen) atoms. The molecule has 6 heteroatoms. The van der Waals surface area contributed by atoms with Gasteiger partial charge in [-0.15, -0.1) is 0 Å². The number of aldehydes is 1. The second-order valence-electron chi connectivity index (χ2n) is 2.41. The highest BCUT2D eigenvalue weighted by Crippen LogP contribution is 1.87. The largest absolute Gasteiger partial charge is 0.478 e. The van der Waals surface area contributed by atoms with E-state index in [1.165, 1.54) is 6.20 Å². The summed E-state index contributed by atoms with van der Waals surface area (Å²) in [7, 11) is 0. The number of aliphatic carboxylic acids is 2. The average Bonchev–Trinajstić information content (AvgIpc) is 2.28. The first-order valence-electron chi connectivity index (χ1n) is 4.05. The van der Waals surface area contributed by atoms with Crippen LogP contribution in [0.1, 0.15) is 10.4 Å². The van der Waals surface area contributed by atoms with Crippen LogP contribution in [0.15, 0.2) is 36.7 Å². The fourth-order valence-electron chi connectivity index (χ4n) is 0.588. The number of rotatable bonds is 3. The Bertz CT molecular complexity index is 369. The number of carboxylic acid groups (broad SMARTS) is 2. The number of carbonyl (C=O) groups is 3. The van der Waals surface area contributed by atoms with Crippen LogP contribution in [0.3, 0.4) is 0 Å². The third-order valence-corrected chi connectivity index (χ3v) is 1.19. The Morgan fingerprint density at radius 3 is 2.00 bits per heavy atom. The Labute approximate surface area is 90.9 Å². The van der Waals surface area contributed by atoms with E-state index in [4.69, 9.17) is 10.2 Å². The minimum Gasteiger partial charge on any atom is -0.478 e. The third-order valence-electron chi connectivity index (χ3n) is 1.19. The van der Waals surface area contributed by atoms with Crippen LogP contribution in [0.2, 0.25) is 0 Å². The maximum Gasteiger partial charge on any atom is 0.328 e. The molecule has 0 saturated carbocycles. The summed E-state index contributed by atoms with van der Waals surface area (Å²) in [5, 5.41) is 15.6. The summed E-state index contributed by atoms with van der Waals surface area (Å²) in [6.07, 6.45) is 5.04. The molecule has 1 aromatic rings. The van der Waals surface area contributed by atoms with Crippen LogP contribution in [0.25, 0.3) is 0 Å². The predicted molar refractivity (Wildman–Crippen MR) is 54.0 cm³/mol. The first kappa shape index (κ1) is 13.5. The fraction of sp³-hybridized carbons (Fsp3) is 0. The second kappa shape index (κ2) is 7.86. The van der Waals surface area contributed by atoms with Crippen molar-refractivity contribution in [2.24, 2.45) is 0 Å². The van der Waals surface area contributed by atoms with Crippen molar-refractivity contribution in [3.05, 3.63) is 42.2 Å². The van der Waals surface area contributed by atoms with Gasteiger partial charge in [0, 0.05) is 30.1 Å². The molecule has 0 bridgehead atoms. The SMILES string of the molecule is O=C(O)/C=C/C(=O)O.O=Cc1cccnc1. The molecule has 0 radical (unpaired) electrons. The first-order valence-corrected chi connectivity index (χ1v) is 4.05. The zero-order valence-corrected chi connectivity index (χ0v) is 8.11. The Morgan fingerprint density at radius 1 is 1.19 bits per heavy atom. The molecule has 84 valence electrons. The normalized spacial score (nSPS) is 9.00. The van der Waals surface area contributed by atoms with Crippen molar-refractivity contribution in [3.63, 3.8) is 0 Å². The smallest absolute Gasteiger partial charge is 0.328 e. The molecule has 0 spiro atoms. The van der Waals surface area contributed by atoms with E-state index < -0.39 is 11.9 Å². The summed E-state index contributed by atoms with van der Waals surface area (Å²) < 4.78 is 0. The van der Waals surface area contributed by atoms with Gasteiger partial charge in [0.25, 0.3) is 0 Å². The number of hydrogen-bond acceptors (Lipinski definition) is 4. The summed E-state index contributed by atoms with van der Waals surface area (Å²) >= 11 is 0. The summed E-state index contributed by atoms with van der Waals surface area (Å²) in [6.45, 7) is 0. The molecule has 0 atom stereocenters. The van der Waals surface area contributed by atoms with Gasteiger partial charge in [0.1, 0.15) is 0 Å². The third kappa shape index (κ3) is 8.11. The number of hydrogen-bond donors (Lipinski definition) is 2. The standard InChI is InChI=1S/C6H5NO.C4H4O4/c8-5-6-2-1-3-7-4-6;5-3(6)1-2-4(7)8/h1-5H;1-2H,(H,5,6)(H,7,8)/b;2-1+. The van der Waals surface area contributed by atoms with Crippen LogP contribution < -0.4 is 0 Å². The Morgan fingerprint density at radius 2 is 1.75 bits per heavy atom. The maximum atomic E-state index is 9.97. The van der Waals surface area contributed by atoms with Crippen molar-refractivity contribution in [2.75, 3.05) is 0 Å². The lowest BCUT2D eigenvalue weighted by Crippen LogP contribution is -1.91. The summed E-state index contributed by atoms with van der Waals surface area (Å²) in [4.78, 5) is 32.8. The van der Waals surface area contributed by atoms with Crippen LogP contribution in [-0.4, -0.2) is 33.4 Å². The van der Waals surface area contributed by atoms with E-state index >= 15 is 0 Å². The van der Waals surface area contributed by atoms with Gasteiger partial charge < -0.3 is 10.2 Å². The van der Waals surface area contributed by atoms with Gasteiger partial charge in [0.05, 0.1) is 0 Å². The van der Waals surface area contributed by atoms with Crippen molar-refractivity contribution in [3.8, 4) is 0 Å². The molecule has 0 aromatic carbocycles. The lowest BCUT2D eigenvalue weighted by molar-refractivity contribution is -0.134. The van der Waals surface area contributed by atoms with Crippen LogP contribution >= 0.6 is 0 Å². The molecule has 0 aliphatic carbocycles. The minimum absolute atomic E-state index is 0.558. The van der Waals surface area contributed by atoms with E-state index in [1.54, 1.807) is 18.3 Å². The molecule has 1 heterocycles. The highest BCUT2D eigenvalue weighted by atomic mass is 16.4. The molecule has 6 nitrogen and oxygen atoms in total. The highest BCUT2D eigenvalue weighted by molar-refractivity contribution is 5.89. The van der Waals surface area contributed by atoms with Gasteiger partial charge in [0.2, 0.25) is 0 Å². The van der Waals surface area contributed by atoms with Gasteiger partial charge in [-0.1, -0.05) is 0 Å². The van der Waals surface area contributed by atoms with Gasteiger partial charge in [0.15, 0.2) is 6.29 Å². The van der Waals surface area contributed by atoms with E-state index in [0.717, 1.165) is 6.29 Å². The second-order valence-corrected chi connectivity index (χ2v) is 2.41. The molecule has 0 unspecified atom stereocenters. The number of pyridine rings is 1. The van der Waals surface area contributed by atoms with Crippen LogP contribution in [-0.2, 0) is 9.59 Å². The fourth-order valence-corrected chi connectivity index (χ4v) is 0.588.